The quantitative estimate of drug-likeness (QED) is 0.0475. The fourth-order valence-electron chi connectivity index (χ4n) is 7.68. The summed E-state index contributed by atoms with van der Waals surface area (Å²) in [6, 6.07) is 28.8. The predicted molar refractivity (Wildman–Crippen MR) is 236 cm³/mol. The van der Waals surface area contributed by atoms with Gasteiger partial charge in [0, 0.05) is 78.3 Å². The molecule has 2 heterocycles. The molecule has 1 aromatic heterocycles. The van der Waals surface area contributed by atoms with Crippen molar-refractivity contribution < 1.29 is 13.3 Å². The SMILES string of the molecule is CN(C)CC[C@H](CSc1ccccc1)Nc1ccc(S(=O)(=O)Nc2ncnc3cc(N4CCN(Cc5ccccc5NC5CCCCC5)CC4)ccc23)cc1[N+](=O)[O-]. The Labute approximate surface area is 345 Å². The zero-order chi connectivity index (χ0) is 40.5. The second kappa shape index (κ2) is 19.2. The maximum atomic E-state index is 13.7. The van der Waals surface area contributed by atoms with Crippen molar-refractivity contribution in [2.45, 2.75) is 66.9 Å². The fraction of sp³-hybridized carbons (Fsp3) is 0.395. The Balaban J connectivity index is 1.00. The third-order valence-electron chi connectivity index (χ3n) is 10.9. The minimum Gasteiger partial charge on any atom is -0.382 e. The lowest BCUT2D eigenvalue weighted by Crippen LogP contribution is -2.46. The molecule has 2 fully saturated rings. The van der Waals surface area contributed by atoms with Gasteiger partial charge in [-0.05, 0) is 94.0 Å². The summed E-state index contributed by atoms with van der Waals surface area (Å²) in [7, 11) is -0.288. The summed E-state index contributed by atoms with van der Waals surface area (Å²) >= 11 is 1.66. The summed E-state index contributed by atoms with van der Waals surface area (Å²) in [5.41, 5.74) is 4.12. The standard InChI is InChI=1S/C43H53N9O4S2/c1-49(2)22-21-34(30-57-36-14-7-4-8-15-36)47-40-20-18-37(28-42(40)52(53)54)58(55,56)48-43-38-19-17-35(27-41(38)44-31-45-43)51-25-23-50(24-26-51)29-32-11-9-10-16-39(32)46-33-12-5-3-6-13-33/h4,7-11,14-20,27-28,31,33-34,46-47H,3,5-6,12-13,21-26,29-30H2,1-2H3,(H,44,45,48)/t34-/m1/s1. The van der Waals surface area contributed by atoms with Gasteiger partial charge in [0.15, 0.2) is 5.82 Å². The Kier molecular flexibility index (Phi) is 13.6. The van der Waals surface area contributed by atoms with E-state index in [9.17, 15) is 18.5 Å². The zero-order valence-electron chi connectivity index (χ0n) is 33.2. The molecule has 4 aromatic carbocycles. The first kappa shape index (κ1) is 41.2. The average Bonchev–Trinajstić information content (AvgIpc) is 3.23. The normalized spacial score (nSPS) is 16.0. The number of nitro groups is 1. The second-order valence-electron chi connectivity index (χ2n) is 15.4. The molecule has 1 aliphatic heterocycles. The van der Waals surface area contributed by atoms with Crippen molar-refractivity contribution in [2.24, 2.45) is 0 Å². The molecule has 306 valence electrons. The van der Waals surface area contributed by atoms with Crippen LogP contribution in [-0.4, -0.2) is 97.8 Å². The molecule has 15 heteroatoms. The first-order valence-electron chi connectivity index (χ1n) is 20.1. The van der Waals surface area contributed by atoms with E-state index in [1.54, 1.807) is 11.8 Å². The first-order valence-corrected chi connectivity index (χ1v) is 22.5. The van der Waals surface area contributed by atoms with Crippen molar-refractivity contribution in [3.05, 3.63) is 113 Å². The molecule has 1 aliphatic carbocycles. The van der Waals surface area contributed by atoms with Crippen LogP contribution in [0.3, 0.4) is 0 Å². The maximum Gasteiger partial charge on any atom is 0.293 e. The van der Waals surface area contributed by atoms with Crippen molar-refractivity contribution >= 4 is 61.3 Å². The zero-order valence-corrected chi connectivity index (χ0v) is 34.9. The van der Waals surface area contributed by atoms with Crippen LogP contribution in [0, 0.1) is 10.1 Å². The Morgan fingerprint density at radius 1 is 0.897 bits per heavy atom. The molecule has 13 nitrogen and oxygen atoms in total. The number of fused-ring (bicyclic) bond motifs is 1. The third-order valence-corrected chi connectivity index (χ3v) is 13.4. The number of hydrogen-bond donors (Lipinski definition) is 3. The van der Waals surface area contributed by atoms with Gasteiger partial charge in [-0.25, -0.2) is 18.4 Å². The Hall–Kier alpha value is -4.96. The van der Waals surface area contributed by atoms with Gasteiger partial charge in [0.1, 0.15) is 12.0 Å². The lowest BCUT2D eigenvalue weighted by atomic mass is 9.95. The Morgan fingerprint density at radius 2 is 1.66 bits per heavy atom. The smallest absolute Gasteiger partial charge is 0.293 e. The molecule has 0 bridgehead atoms. The number of aromatic nitrogens is 2. The largest absolute Gasteiger partial charge is 0.382 e. The second-order valence-corrected chi connectivity index (χ2v) is 18.2. The van der Waals surface area contributed by atoms with Crippen LogP contribution in [0.2, 0.25) is 0 Å². The van der Waals surface area contributed by atoms with Gasteiger partial charge >= 0.3 is 0 Å². The summed E-state index contributed by atoms with van der Waals surface area (Å²) in [5, 5.41) is 20.0. The molecule has 1 saturated heterocycles. The Morgan fingerprint density at radius 3 is 2.41 bits per heavy atom. The number of piperazine rings is 1. The molecule has 2 aliphatic rings. The fourth-order valence-corrected chi connectivity index (χ4v) is 9.72. The Bertz CT molecular complexity index is 2270. The van der Waals surface area contributed by atoms with Gasteiger partial charge in [-0.2, -0.15) is 0 Å². The molecule has 58 heavy (non-hydrogen) atoms. The van der Waals surface area contributed by atoms with E-state index in [-0.39, 0.29) is 28.1 Å². The summed E-state index contributed by atoms with van der Waals surface area (Å²) in [5.74, 6) is 0.774. The molecule has 0 unspecified atom stereocenters. The van der Waals surface area contributed by atoms with Crippen LogP contribution >= 0.6 is 11.8 Å². The van der Waals surface area contributed by atoms with Gasteiger partial charge in [-0.15, -0.1) is 11.8 Å². The summed E-state index contributed by atoms with van der Waals surface area (Å²) < 4.78 is 30.1. The highest BCUT2D eigenvalue weighted by atomic mass is 32.2. The molecule has 3 N–H and O–H groups in total. The number of nitrogens with one attached hydrogen (secondary N) is 3. The molecule has 5 aromatic rings. The van der Waals surface area contributed by atoms with E-state index in [0.717, 1.165) is 62.3 Å². The van der Waals surface area contributed by atoms with Crippen LogP contribution in [0.25, 0.3) is 10.9 Å². The van der Waals surface area contributed by atoms with Gasteiger partial charge in [-0.3, -0.25) is 19.7 Å². The lowest BCUT2D eigenvalue weighted by Gasteiger charge is -2.36. The number of rotatable bonds is 17. The van der Waals surface area contributed by atoms with E-state index < -0.39 is 14.9 Å². The monoisotopic (exact) mass is 823 g/mol. The van der Waals surface area contributed by atoms with Crippen LogP contribution in [0.1, 0.15) is 44.1 Å². The van der Waals surface area contributed by atoms with E-state index in [1.165, 1.54) is 61.8 Å². The van der Waals surface area contributed by atoms with Gasteiger partial charge in [0.05, 0.1) is 15.3 Å². The van der Waals surface area contributed by atoms with Gasteiger partial charge in [0.25, 0.3) is 15.7 Å². The predicted octanol–water partition coefficient (Wildman–Crippen LogP) is 7.93. The van der Waals surface area contributed by atoms with Crippen LogP contribution in [0.4, 0.5) is 28.6 Å². The van der Waals surface area contributed by atoms with Crippen molar-refractivity contribution in [1.82, 2.24) is 19.8 Å². The summed E-state index contributed by atoms with van der Waals surface area (Å²) in [4.78, 5) is 28.3. The first-order chi connectivity index (χ1) is 28.1. The topological polar surface area (TPSA) is 149 Å². The number of nitrogens with zero attached hydrogens (tertiary/aromatic N) is 6. The van der Waals surface area contributed by atoms with Crippen LogP contribution < -0.4 is 20.3 Å². The van der Waals surface area contributed by atoms with Crippen molar-refractivity contribution in [3.63, 3.8) is 0 Å². The number of sulfonamides is 1. The van der Waals surface area contributed by atoms with E-state index in [4.69, 9.17) is 0 Å². The highest BCUT2D eigenvalue weighted by molar-refractivity contribution is 7.99. The molecule has 7 rings (SSSR count). The van der Waals surface area contributed by atoms with Gasteiger partial charge in [-0.1, -0.05) is 55.7 Å². The molecule has 0 amide bonds. The lowest BCUT2D eigenvalue weighted by molar-refractivity contribution is -0.384. The number of para-hydroxylation sites is 1. The van der Waals surface area contributed by atoms with Crippen molar-refractivity contribution in [1.29, 1.82) is 0 Å². The third kappa shape index (κ3) is 10.7. The van der Waals surface area contributed by atoms with Crippen LogP contribution in [0.15, 0.2) is 107 Å². The molecule has 1 atom stereocenters. The number of benzene rings is 4. The highest BCUT2D eigenvalue weighted by Gasteiger charge is 2.25. The number of hydrogen-bond acceptors (Lipinski definition) is 12. The van der Waals surface area contributed by atoms with Crippen LogP contribution in [-0.2, 0) is 16.6 Å². The van der Waals surface area contributed by atoms with Gasteiger partial charge in [0.2, 0.25) is 0 Å². The highest BCUT2D eigenvalue weighted by Crippen LogP contribution is 2.33. The summed E-state index contributed by atoms with van der Waals surface area (Å²) in [6.45, 7) is 5.19. The van der Waals surface area contributed by atoms with Crippen molar-refractivity contribution in [2.75, 3.05) is 72.8 Å². The molecular formula is C43H53N9O4S2. The van der Waals surface area contributed by atoms with E-state index in [1.807, 2.05) is 62.6 Å². The minimum atomic E-state index is -4.25. The minimum absolute atomic E-state index is 0.105. The van der Waals surface area contributed by atoms with Crippen LogP contribution in [0.5, 0.6) is 0 Å². The van der Waals surface area contributed by atoms with E-state index >= 15 is 0 Å². The van der Waals surface area contributed by atoms with E-state index in [2.05, 4.69) is 64.3 Å². The average molecular weight is 824 g/mol. The molecule has 1 saturated carbocycles. The molecule has 0 radical (unpaired) electrons. The van der Waals surface area contributed by atoms with E-state index in [0.29, 0.717) is 22.7 Å². The number of anilines is 4. The van der Waals surface area contributed by atoms with Gasteiger partial charge < -0.3 is 20.4 Å². The maximum absolute atomic E-state index is 13.7. The van der Waals surface area contributed by atoms with Crippen molar-refractivity contribution in [3.8, 4) is 0 Å². The molecule has 0 spiro atoms. The molecular weight excluding hydrogens is 771 g/mol. The number of thioether (sulfide) groups is 1. The summed E-state index contributed by atoms with van der Waals surface area (Å²) in [6.07, 6.45) is 8.48. The number of nitro benzene ring substituents is 1.